The zero-order chi connectivity index (χ0) is 17.1. The Kier molecular flexibility index (Phi) is 4.00. The molecule has 0 amide bonds. The summed E-state index contributed by atoms with van der Waals surface area (Å²) in [6, 6.07) is 11.5. The Balaban J connectivity index is 1.56. The number of furan rings is 1. The van der Waals surface area contributed by atoms with E-state index in [2.05, 4.69) is 19.9 Å². The van der Waals surface area contributed by atoms with Gasteiger partial charge >= 0.3 is 0 Å². The highest BCUT2D eigenvalue weighted by Crippen LogP contribution is 2.24. The van der Waals surface area contributed by atoms with Gasteiger partial charge in [0.2, 0.25) is 0 Å². The van der Waals surface area contributed by atoms with Crippen molar-refractivity contribution < 1.29 is 9.15 Å². The first-order chi connectivity index (χ1) is 12.3. The first kappa shape index (κ1) is 15.1. The maximum Gasteiger partial charge on any atom is 0.195 e. The Morgan fingerprint density at radius 1 is 0.960 bits per heavy atom. The standard InChI is InChI=1S/C19H16N4O2/c1-2-24-15-7-5-13(6-8-15)16-12-22-18(23-16)14-10-20-19(21-11-14)17-4-3-9-25-17/h3-12H,2H2,1H3,(H,22,23). The van der Waals surface area contributed by atoms with E-state index in [9.17, 15) is 0 Å². The number of benzene rings is 1. The molecular weight excluding hydrogens is 316 g/mol. The molecule has 0 unspecified atom stereocenters. The molecule has 0 atom stereocenters. The van der Waals surface area contributed by atoms with Crippen molar-refractivity contribution in [2.24, 2.45) is 0 Å². The predicted octanol–water partition coefficient (Wildman–Crippen LogP) is 4.19. The monoisotopic (exact) mass is 332 g/mol. The minimum absolute atomic E-state index is 0.548. The van der Waals surface area contributed by atoms with E-state index >= 15 is 0 Å². The average Bonchev–Trinajstić information content (AvgIpc) is 3.35. The summed E-state index contributed by atoms with van der Waals surface area (Å²) in [5.74, 6) is 2.76. The molecule has 0 fully saturated rings. The zero-order valence-corrected chi connectivity index (χ0v) is 13.6. The van der Waals surface area contributed by atoms with Gasteiger partial charge in [0.15, 0.2) is 11.6 Å². The quantitative estimate of drug-likeness (QED) is 0.593. The van der Waals surface area contributed by atoms with Crippen LogP contribution >= 0.6 is 0 Å². The van der Waals surface area contributed by atoms with Crippen LogP contribution in [0.15, 0.2) is 65.7 Å². The Morgan fingerprint density at radius 2 is 1.76 bits per heavy atom. The third-order valence-corrected chi connectivity index (χ3v) is 3.72. The van der Waals surface area contributed by atoms with Crippen molar-refractivity contribution in [1.82, 2.24) is 19.9 Å². The van der Waals surface area contributed by atoms with Crippen molar-refractivity contribution in [1.29, 1.82) is 0 Å². The van der Waals surface area contributed by atoms with E-state index in [1.807, 2.05) is 43.3 Å². The van der Waals surface area contributed by atoms with Crippen LogP contribution in [0.4, 0.5) is 0 Å². The molecule has 0 spiro atoms. The molecule has 124 valence electrons. The van der Waals surface area contributed by atoms with Crippen LogP contribution in [0.3, 0.4) is 0 Å². The maximum atomic E-state index is 5.46. The first-order valence-electron chi connectivity index (χ1n) is 7.98. The number of aromatic amines is 1. The molecule has 0 radical (unpaired) electrons. The number of H-pyrrole nitrogens is 1. The molecule has 25 heavy (non-hydrogen) atoms. The number of ether oxygens (including phenoxy) is 1. The van der Waals surface area contributed by atoms with Crippen LogP contribution in [-0.2, 0) is 0 Å². The summed E-state index contributed by atoms with van der Waals surface area (Å²) < 4.78 is 10.8. The van der Waals surface area contributed by atoms with Gasteiger partial charge in [-0.1, -0.05) is 0 Å². The number of rotatable bonds is 5. The van der Waals surface area contributed by atoms with Gasteiger partial charge < -0.3 is 14.1 Å². The second-order valence-corrected chi connectivity index (χ2v) is 5.38. The number of aromatic nitrogens is 4. The second-order valence-electron chi connectivity index (χ2n) is 5.38. The number of nitrogens with zero attached hydrogens (tertiary/aromatic N) is 3. The van der Waals surface area contributed by atoms with E-state index in [0.717, 1.165) is 28.4 Å². The first-order valence-corrected chi connectivity index (χ1v) is 7.98. The van der Waals surface area contributed by atoms with Crippen molar-refractivity contribution in [3.63, 3.8) is 0 Å². The largest absolute Gasteiger partial charge is 0.494 e. The summed E-state index contributed by atoms with van der Waals surface area (Å²) in [7, 11) is 0. The summed E-state index contributed by atoms with van der Waals surface area (Å²) in [6.45, 7) is 2.62. The lowest BCUT2D eigenvalue weighted by atomic mass is 10.2. The fourth-order valence-electron chi connectivity index (χ4n) is 2.50. The predicted molar refractivity (Wildman–Crippen MR) is 93.9 cm³/mol. The van der Waals surface area contributed by atoms with Crippen LogP contribution in [0.5, 0.6) is 5.75 Å². The van der Waals surface area contributed by atoms with Gasteiger partial charge in [-0.3, -0.25) is 0 Å². The molecule has 0 bridgehead atoms. The topological polar surface area (TPSA) is 76.8 Å². The molecule has 0 saturated heterocycles. The SMILES string of the molecule is CCOc1ccc(-c2cnc(-c3cnc(-c4ccco4)nc3)[nH]2)cc1. The molecule has 0 saturated carbocycles. The highest BCUT2D eigenvalue weighted by molar-refractivity contribution is 5.64. The van der Waals surface area contributed by atoms with Crippen LogP contribution in [0, 0.1) is 0 Å². The molecule has 0 aliphatic carbocycles. The Labute approximate surface area is 144 Å². The molecular formula is C19H16N4O2. The maximum absolute atomic E-state index is 5.46. The number of hydrogen-bond acceptors (Lipinski definition) is 5. The lowest BCUT2D eigenvalue weighted by Gasteiger charge is -2.03. The van der Waals surface area contributed by atoms with Gasteiger partial charge in [-0.05, 0) is 48.9 Å². The third kappa shape index (κ3) is 3.14. The molecule has 4 rings (SSSR count). The van der Waals surface area contributed by atoms with Crippen molar-refractivity contribution in [3.05, 3.63) is 61.3 Å². The van der Waals surface area contributed by atoms with Crippen molar-refractivity contribution in [2.75, 3.05) is 6.61 Å². The minimum Gasteiger partial charge on any atom is -0.494 e. The summed E-state index contributed by atoms with van der Waals surface area (Å²) in [5, 5.41) is 0. The van der Waals surface area contributed by atoms with Gasteiger partial charge in [-0.15, -0.1) is 0 Å². The van der Waals surface area contributed by atoms with Crippen LogP contribution in [0.25, 0.3) is 34.2 Å². The Bertz CT molecular complexity index is 942. The van der Waals surface area contributed by atoms with Gasteiger partial charge in [-0.2, -0.15) is 0 Å². The molecule has 6 nitrogen and oxygen atoms in total. The van der Waals surface area contributed by atoms with E-state index in [0.29, 0.717) is 18.2 Å². The van der Waals surface area contributed by atoms with Crippen molar-refractivity contribution in [3.8, 4) is 40.0 Å². The normalized spacial score (nSPS) is 10.8. The van der Waals surface area contributed by atoms with Gasteiger partial charge in [0, 0.05) is 12.4 Å². The van der Waals surface area contributed by atoms with Gasteiger partial charge in [-0.25, -0.2) is 15.0 Å². The average molecular weight is 332 g/mol. The molecule has 0 aliphatic heterocycles. The van der Waals surface area contributed by atoms with Crippen LogP contribution in [0.1, 0.15) is 6.92 Å². The van der Waals surface area contributed by atoms with Gasteiger partial charge in [0.05, 0.1) is 30.3 Å². The molecule has 3 heterocycles. The lowest BCUT2D eigenvalue weighted by Crippen LogP contribution is -1.91. The van der Waals surface area contributed by atoms with Gasteiger partial charge in [0.25, 0.3) is 0 Å². The van der Waals surface area contributed by atoms with E-state index in [1.165, 1.54) is 0 Å². The van der Waals surface area contributed by atoms with Crippen LogP contribution in [0.2, 0.25) is 0 Å². The van der Waals surface area contributed by atoms with Crippen molar-refractivity contribution >= 4 is 0 Å². The highest BCUT2D eigenvalue weighted by Gasteiger charge is 2.09. The summed E-state index contributed by atoms with van der Waals surface area (Å²) in [6.07, 6.45) is 6.85. The fourth-order valence-corrected chi connectivity index (χ4v) is 2.50. The van der Waals surface area contributed by atoms with E-state index in [-0.39, 0.29) is 0 Å². The molecule has 1 N–H and O–H groups in total. The van der Waals surface area contributed by atoms with E-state index < -0.39 is 0 Å². The molecule has 4 aromatic rings. The number of imidazole rings is 1. The van der Waals surface area contributed by atoms with E-state index in [1.54, 1.807) is 24.9 Å². The Morgan fingerprint density at radius 3 is 2.44 bits per heavy atom. The second kappa shape index (κ2) is 6.60. The van der Waals surface area contributed by atoms with Crippen LogP contribution < -0.4 is 4.74 Å². The summed E-state index contributed by atoms with van der Waals surface area (Å²) in [4.78, 5) is 16.4. The molecule has 6 heteroatoms. The minimum atomic E-state index is 0.548. The molecule has 1 aromatic carbocycles. The van der Waals surface area contributed by atoms with E-state index in [4.69, 9.17) is 9.15 Å². The summed E-state index contributed by atoms with van der Waals surface area (Å²) >= 11 is 0. The third-order valence-electron chi connectivity index (χ3n) is 3.72. The van der Waals surface area contributed by atoms with Crippen molar-refractivity contribution in [2.45, 2.75) is 6.92 Å². The Hall–Kier alpha value is -3.41. The zero-order valence-electron chi connectivity index (χ0n) is 13.6. The smallest absolute Gasteiger partial charge is 0.195 e. The summed E-state index contributed by atoms with van der Waals surface area (Å²) in [5.41, 5.74) is 2.77. The fraction of sp³-hybridized carbons (Fsp3) is 0.105. The number of hydrogen-bond donors (Lipinski definition) is 1. The molecule has 3 aromatic heterocycles. The lowest BCUT2D eigenvalue weighted by molar-refractivity contribution is 0.340. The number of nitrogens with one attached hydrogen (secondary N) is 1. The van der Waals surface area contributed by atoms with Gasteiger partial charge in [0.1, 0.15) is 11.6 Å². The highest BCUT2D eigenvalue weighted by atomic mass is 16.5. The van der Waals surface area contributed by atoms with Crippen LogP contribution in [-0.4, -0.2) is 26.5 Å². The molecule has 0 aliphatic rings.